The molecule has 0 bridgehead atoms. The number of fused-ring (bicyclic) bond motifs is 1. The van der Waals surface area contributed by atoms with Gasteiger partial charge >= 0.3 is 11.9 Å². The number of halogens is 1. The molecule has 10 nitrogen and oxygen atoms in total. The fourth-order valence-corrected chi connectivity index (χ4v) is 7.01. The SMILES string of the molecule is O=C(O)CC1CN(S(=O)(=O)c2ccc3cc(Cl)ccc3c2)CC(CC(=O)O)N1C(=O)c1ccc(-c2ccncc2)cc1. The van der Waals surface area contributed by atoms with Crippen molar-refractivity contribution in [3.63, 3.8) is 0 Å². The van der Waals surface area contributed by atoms with Gasteiger partial charge in [-0.3, -0.25) is 19.4 Å². The minimum absolute atomic E-state index is 0.0352. The molecule has 1 aliphatic heterocycles. The predicted molar refractivity (Wildman–Crippen MR) is 156 cm³/mol. The number of benzene rings is 3. The summed E-state index contributed by atoms with van der Waals surface area (Å²) in [7, 11) is -4.18. The second kappa shape index (κ2) is 11.9. The molecule has 5 rings (SSSR count). The van der Waals surface area contributed by atoms with Crippen LogP contribution in [-0.2, 0) is 19.6 Å². The molecule has 1 fully saturated rings. The number of carbonyl (C=O) groups is 3. The molecule has 1 aliphatic rings. The number of aromatic nitrogens is 1. The number of nitrogens with zero attached hydrogens (tertiary/aromatic N) is 3. The lowest BCUT2D eigenvalue weighted by atomic mass is 9.99. The van der Waals surface area contributed by atoms with Gasteiger partial charge in [0.1, 0.15) is 0 Å². The number of carboxylic acids is 2. The molecule has 2 heterocycles. The maximum Gasteiger partial charge on any atom is 0.305 e. The Hall–Kier alpha value is -4.32. The van der Waals surface area contributed by atoms with E-state index in [0.717, 1.165) is 20.8 Å². The summed E-state index contributed by atoms with van der Waals surface area (Å²) in [5.74, 6) is -3.07. The van der Waals surface area contributed by atoms with E-state index in [4.69, 9.17) is 11.6 Å². The van der Waals surface area contributed by atoms with E-state index in [0.29, 0.717) is 10.4 Å². The van der Waals surface area contributed by atoms with Gasteiger partial charge in [0, 0.05) is 36.1 Å². The van der Waals surface area contributed by atoms with Crippen LogP contribution in [0.25, 0.3) is 21.9 Å². The highest BCUT2D eigenvalue weighted by atomic mass is 35.5. The molecule has 2 unspecified atom stereocenters. The monoisotopic (exact) mass is 607 g/mol. The van der Waals surface area contributed by atoms with Crippen LogP contribution in [0.1, 0.15) is 23.2 Å². The Kier molecular flexibility index (Phi) is 8.26. The third-order valence-corrected chi connectivity index (χ3v) is 9.29. The average molecular weight is 608 g/mol. The zero-order valence-corrected chi connectivity index (χ0v) is 23.7. The molecule has 0 spiro atoms. The molecule has 12 heteroatoms. The topological polar surface area (TPSA) is 145 Å². The molecule has 216 valence electrons. The first-order chi connectivity index (χ1) is 20.0. The Bertz CT molecular complexity index is 1740. The molecule has 0 saturated carbocycles. The lowest BCUT2D eigenvalue weighted by Crippen LogP contribution is -2.62. The summed E-state index contributed by atoms with van der Waals surface area (Å²) in [6, 6.07) is 17.6. The standard InChI is InChI=1S/C30H26ClN3O7S/c31-24-7-5-23-14-27(8-6-22(23)13-24)42(40,41)33-17-25(15-28(35)36)34(26(18-33)16-29(37)38)30(39)21-3-1-19(2-4-21)20-9-11-32-12-10-20/h1-14,25-26H,15-18H2,(H,35,36)(H,37,38). The molecule has 4 aromatic rings. The fraction of sp³-hybridized carbons (Fsp3) is 0.200. The number of piperazine rings is 1. The lowest BCUT2D eigenvalue weighted by molar-refractivity contribution is -0.139. The van der Waals surface area contributed by atoms with Crippen molar-refractivity contribution in [2.24, 2.45) is 0 Å². The van der Waals surface area contributed by atoms with Gasteiger partial charge in [-0.25, -0.2) is 8.42 Å². The van der Waals surface area contributed by atoms with Gasteiger partial charge in [-0.15, -0.1) is 0 Å². The summed E-state index contributed by atoms with van der Waals surface area (Å²) in [5, 5.41) is 21.2. The van der Waals surface area contributed by atoms with Crippen molar-refractivity contribution in [1.29, 1.82) is 0 Å². The number of hydrogen-bond donors (Lipinski definition) is 2. The van der Waals surface area contributed by atoms with Gasteiger partial charge in [0.25, 0.3) is 5.91 Å². The molecule has 42 heavy (non-hydrogen) atoms. The van der Waals surface area contributed by atoms with Crippen LogP contribution in [-0.4, -0.2) is 75.8 Å². The van der Waals surface area contributed by atoms with Crippen molar-refractivity contribution in [1.82, 2.24) is 14.2 Å². The van der Waals surface area contributed by atoms with E-state index >= 15 is 0 Å². The highest BCUT2D eigenvalue weighted by Crippen LogP contribution is 2.30. The van der Waals surface area contributed by atoms with Crippen LogP contribution in [0, 0.1) is 0 Å². The minimum Gasteiger partial charge on any atom is -0.481 e. The lowest BCUT2D eigenvalue weighted by Gasteiger charge is -2.45. The number of pyridine rings is 1. The second-order valence-corrected chi connectivity index (χ2v) is 12.4. The van der Waals surface area contributed by atoms with Gasteiger partial charge in [0.2, 0.25) is 10.0 Å². The zero-order chi connectivity index (χ0) is 30.0. The molecule has 3 aromatic carbocycles. The van der Waals surface area contributed by atoms with Crippen LogP contribution in [0.2, 0.25) is 5.02 Å². The highest BCUT2D eigenvalue weighted by molar-refractivity contribution is 7.89. The number of sulfonamides is 1. The maximum atomic E-state index is 13.8. The van der Waals surface area contributed by atoms with Crippen LogP contribution >= 0.6 is 11.6 Å². The smallest absolute Gasteiger partial charge is 0.305 e. The van der Waals surface area contributed by atoms with Crippen LogP contribution in [0.15, 0.2) is 90.1 Å². The maximum absolute atomic E-state index is 13.8. The van der Waals surface area contributed by atoms with Crippen molar-refractivity contribution in [3.8, 4) is 11.1 Å². The second-order valence-electron chi connectivity index (χ2n) is 10.0. The molecule has 2 N–H and O–H groups in total. The fourth-order valence-electron chi connectivity index (χ4n) is 5.28. The molecule has 1 aromatic heterocycles. The zero-order valence-electron chi connectivity index (χ0n) is 22.1. The first-order valence-electron chi connectivity index (χ1n) is 13.0. The number of aliphatic carboxylic acids is 2. The molecule has 0 radical (unpaired) electrons. The largest absolute Gasteiger partial charge is 0.481 e. The Morgan fingerprint density at radius 1 is 0.786 bits per heavy atom. The minimum atomic E-state index is -4.18. The normalized spacial score (nSPS) is 17.7. The van der Waals surface area contributed by atoms with Crippen LogP contribution in [0.4, 0.5) is 0 Å². The van der Waals surface area contributed by atoms with Gasteiger partial charge in [-0.1, -0.05) is 35.9 Å². The first kappa shape index (κ1) is 29.2. The molecule has 1 amide bonds. The van der Waals surface area contributed by atoms with Crippen molar-refractivity contribution in [2.45, 2.75) is 29.8 Å². The molecule has 2 atom stereocenters. The molecular formula is C30H26ClN3O7S. The number of carbonyl (C=O) groups excluding carboxylic acids is 1. The predicted octanol–water partition coefficient (Wildman–Crippen LogP) is 4.39. The van der Waals surface area contributed by atoms with Gasteiger partial charge in [-0.2, -0.15) is 4.31 Å². The molecular weight excluding hydrogens is 582 g/mol. The third kappa shape index (κ3) is 6.13. The van der Waals surface area contributed by atoms with E-state index in [1.165, 1.54) is 17.0 Å². The van der Waals surface area contributed by atoms with Gasteiger partial charge in [0.05, 0.1) is 29.8 Å². The number of amides is 1. The first-order valence-corrected chi connectivity index (χ1v) is 14.8. The van der Waals surface area contributed by atoms with Crippen LogP contribution in [0.5, 0.6) is 0 Å². The summed E-state index contributed by atoms with van der Waals surface area (Å²) in [6.07, 6.45) is 2.14. The Balaban J connectivity index is 1.48. The van der Waals surface area contributed by atoms with Gasteiger partial charge in [0.15, 0.2) is 0 Å². The van der Waals surface area contributed by atoms with E-state index in [9.17, 15) is 33.0 Å². The van der Waals surface area contributed by atoms with E-state index < -0.39 is 52.8 Å². The molecule has 1 saturated heterocycles. The van der Waals surface area contributed by atoms with Gasteiger partial charge in [-0.05, 0) is 70.4 Å². The third-order valence-electron chi connectivity index (χ3n) is 7.23. The number of carboxylic acid groups (broad SMARTS) is 2. The highest BCUT2D eigenvalue weighted by Gasteiger charge is 2.43. The van der Waals surface area contributed by atoms with Crippen molar-refractivity contribution < 1.29 is 33.0 Å². The summed E-state index contributed by atoms with van der Waals surface area (Å²) in [4.78, 5) is 42.7. The summed E-state index contributed by atoms with van der Waals surface area (Å²) < 4.78 is 28.6. The quantitative estimate of drug-likeness (QED) is 0.300. The van der Waals surface area contributed by atoms with Gasteiger partial charge < -0.3 is 15.1 Å². The van der Waals surface area contributed by atoms with Crippen molar-refractivity contribution in [3.05, 3.63) is 95.8 Å². The van der Waals surface area contributed by atoms with Crippen molar-refractivity contribution >= 4 is 50.2 Å². The van der Waals surface area contributed by atoms with E-state index in [1.807, 2.05) is 12.1 Å². The summed E-state index contributed by atoms with van der Waals surface area (Å²) in [6.45, 7) is -0.630. The Morgan fingerprint density at radius 2 is 1.33 bits per heavy atom. The molecule has 0 aliphatic carbocycles. The van der Waals surface area contributed by atoms with Crippen LogP contribution < -0.4 is 0 Å². The van der Waals surface area contributed by atoms with Crippen molar-refractivity contribution in [2.75, 3.05) is 13.1 Å². The number of rotatable bonds is 8. The Morgan fingerprint density at radius 3 is 1.93 bits per heavy atom. The average Bonchev–Trinajstić information content (AvgIpc) is 2.96. The van der Waals surface area contributed by atoms with E-state index in [-0.39, 0.29) is 23.5 Å². The van der Waals surface area contributed by atoms with Crippen LogP contribution in [0.3, 0.4) is 0 Å². The van der Waals surface area contributed by atoms with E-state index in [2.05, 4.69) is 4.98 Å². The number of hydrogen-bond acceptors (Lipinski definition) is 6. The summed E-state index contributed by atoms with van der Waals surface area (Å²) in [5.41, 5.74) is 1.93. The summed E-state index contributed by atoms with van der Waals surface area (Å²) >= 11 is 6.05. The van der Waals surface area contributed by atoms with E-state index in [1.54, 1.807) is 60.9 Å². The Labute approximate surface area is 246 Å².